The SMILES string of the molecule is Cc1cccc(COc2ccc(/C(O)=C3\C(=O)C(=O)N(c4nnc(SCc5ccccc5Cl)s4)C3c3ccccc3F)cc2)c1. The minimum absolute atomic E-state index is 0.0387. The van der Waals surface area contributed by atoms with Crippen molar-refractivity contribution in [1.82, 2.24) is 10.2 Å². The van der Waals surface area contributed by atoms with Crippen molar-refractivity contribution < 1.29 is 23.8 Å². The number of aliphatic hydroxyl groups is 1. The maximum absolute atomic E-state index is 15.3. The highest BCUT2D eigenvalue weighted by Crippen LogP contribution is 2.45. The quantitative estimate of drug-likeness (QED) is 0.0562. The van der Waals surface area contributed by atoms with Crippen molar-refractivity contribution >= 4 is 57.3 Å². The maximum Gasteiger partial charge on any atom is 0.301 e. The van der Waals surface area contributed by atoms with Crippen LogP contribution in [0, 0.1) is 12.7 Å². The fourth-order valence-corrected chi connectivity index (χ4v) is 7.12. The molecule has 45 heavy (non-hydrogen) atoms. The van der Waals surface area contributed by atoms with E-state index < -0.39 is 29.3 Å². The summed E-state index contributed by atoms with van der Waals surface area (Å²) in [6, 6.07) is 26.4. The number of Topliss-reactive ketones (excluding diaryl/α,β-unsaturated/α-hetero) is 1. The smallest absolute Gasteiger partial charge is 0.301 e. The van der Waals surface area contributed by atoms with Crippen molar-refractivity contribution in [2.24, 2.45) is 0 Å². The number of aliphatic hydroxyl groups excluding tert-OH is 1. The van der Waals surface area contributed by atoms with Gasteiger partial charge in [0.25, 0.3) is 5.78 Å². The Bertz CT molecular complexity index is 1930. The first-order valence-electron chi connectivity index (χ1n) is 13.8. The van der Waals surface area contributed by atoms with E-state index in [4.69, 9.17) is 16.3 Å². The van der Waals surface area contributed by atoms with Crippen molar-refractivity contribution in [1.29, 1.82) is 0 Å². The lowest BCUT2D eigenvalue weighted by Crippen LogP contribution is -2.29. The topological polar surface area (TPSA) is 92.6 Å². The van der Waals surface area contributed by atoms with Gasteiger partial charge in [-0.05, 0) is 54.4 Å². The van der Waals surface area contributed by atoms with Gasteiger partial charge in [0.1, 0.15) is 30.0 Å². The summed E-state index contributed by atoms with van der Waals surface area (Å²) in [6.45, 7) is 2.36. The number of halogens is 2. The highest BCUT2D eigenvalue weighted by Gasteiger charge is 2.49. The fraction of sp³-hybridized carbons (Fsp3) is 0.118. The molecule has 1 amide bonds. The van der Waals surface area contributed by atoms with Crippen LogP contribution in [0.4, 0.5) is 9.52 Å². The van der Waals surface area contributed by atoms with Gasteiger partial charge in [0, 0.05) is 21.9 Å². The maximum atomic E-state index is 15.3. The van der Waals surface area contributed by atoms with Crippen LogP contribution in [0.25, 0.3) is 5.76 Å². The third kappa shape index (κ3) is 6.49. The van der Waals surface area contributed by atoms with Crippen molar-refractivity contribution in [3.05, 3.63) is 141 Å². The molecule has 1 N–H and O–H groups in total. The Morgan fingerprint density at radius 2 is 1.76 bits per heavy atom. The molecule has 1 aliphatic rings. The number of carbonyl (C=O) groups is 2. The second-order valence-corrected chi connectivity index (χ2v) is 12.8. The van der Waals surface area contributed by atoms with Gasteiger partial charge in [-0.3, -0.25) is 14.5 Å². The van der Waals surface area contributed by atoms with Gasteiger partial charge in [0.2, 0.25) is 5.13 Å². The Morgan fingerprint density at radius 3 is 2.51 bits per heavy atom. The van der Waals surface area contributed by atoms with E-state index in [1.165, 1.54) is 30.0 Å². The molecule has 2 heterocycles. The van der Waals surface area contributed by atoms with E-state index in [-0.39, 0.29) is 21.8 Å². The number of rotatable bonds is 9. The van der Waals surface area contributed by atoms with Crippen LogP contribution in [0.5, 0.6) is 5.75 Å². The summed E-state index contributed by atoms with van der Waals surface area (Å²) in [7, 11) is 0. The van der Waals surface area contributed by atoms with Crippen LogP contribution in [-0.4, -0.2) is 27.0 Å². The Morgan fingerprint density at radius 1 is 1.00 bits per heavy atom. The number of ketones is 1. The highest BCUT2D eigenvalue weighted by molar-refractivity contribution is 8.00. The third-order valence-electron chi connectivity index (χ3n) is 7.17. The molecule has 0 radical (unpaired) electrons. The lowest BCUT2D eigenvalue weighted by atomic mass is 9.95. The van der Waals surface area contributed by atoms with E-state index in [9.17, 15) is 14.7 Å². The summed E-state index contributed by atoms with van der Waals surface area (Å²) in [6.07, 6.45) is 0. The predicted octanol–water partition coefficient (Wildman–Crippen LogP) is 8.14. The molecule has 226 valence electrons. The number of benzene rings is 4. The second kappa shape index (κ2) is 13.2. The molecular weight excluding hydrogens is 633 g/mol. The first-order chi connectivity index (χ1) is 21.8. The zero-order valence-electron chi connectivity index (χ0n) is 23.8. The van der Waals surface area contributed by atoms with Gasteiger partial charge >= 0.3 is 5.91 Å². The molecular formula is C34H25ClFN3O4S2. The van der Waals surface area contributed by atoms with Crippen LogP contribution in [0.1, 0.15) is 33.9 Å². The third-order valence-corrected chi connectivity index (χ3v) is 9.64. The molecule has 0 bridgehead atoms. The zero-order chi connectivity index (χ0) is 31.5. The van der Waals surface area contributed by atoms with E-state index in [1.807, 2.05) is 49.4 Å². The minimum Gasteiger partial charge on any atom is -0.507 e. The van der Waals surface area contributed by atoms with E-state index >= 15 is 4.39 Å². The Hall–Kier alpha value is -4.51. The average Bonchev–Trinajstić information content (AvgIpc) is 3.61. The van der Waals surface area contributed by atoms with Crippen molar-refractivity contribution in [3.63, 3.8) is 0 Å². The summed E-state index contributed by atoms with van der Waals surface area (Å²) in [4.78, 5) is 28.1. The van der Waals surface area contributed by atoms with Crippen LogP contribution < -0.4 is 9.64 Å². The van der Waals surface area contributed by atoms with Crippen LogP contribution in [0.15, 0.2) is 107 Å². The van der Waals surface area contributed by atoms with Gasteiger partial charge in [-0.2, -0.15) is 0 Å². The first-order valence-corrected chi connectivity index (χ1v) is 16.0. The molecule has 1 unspecified atom stereocenters. The molecule has 5 aromatic rings. The number of amides is 1. The van der Waals surface area contributed by atoms with Gasteiger partial charge in [-0.15, -0.1) is 10.2 Å². The van der Waals surface area contributed by atoms with Gasteiger partial charge in [0.05, 0.1) is 5.57 Å². The Balaban J connectivity index is 1.31. The summed E-state index contributed by atoms with van der Waals surface area (Å²) < 4.78 is 21.7. The van der Waals surface area contributed by atoms with Crippen molar-refractivity contribution in [2.45, 2.75) is 29.7 Å². The predicted molar refractivity (Wildman–Crippen MR) is 174 cm³/mol. The minimum atomic E-state index is -1.27. The summed E-state index contributed by atoms with van der Waals surface area (Å²) in [5.41, 5.74) is 3.09. The van der Waals surface area contributed by atoms with Gasteiger partial charge in [0.15, 0.2) is 4.34 Å². The fourth-order valence-electron chi connectivity index (χ4n) is 4.97. The van der Waals surface area contributed by atoms with E-state index in [2.05, 4.69) is 10.2 Å². The molecule has 4 aromatic carbocycles. The van der Waals surface area contributed by atoms with Gasteiger partial charge in [-0.25, -0.2) is 4.39 Å². The lowest BCUT2D eigenvalue weighted by molar-refractivity contribution is -0.132. The molecule has 1 aromatic heterocycles. The van der Waals surface area contributed by atoms with E-state index in [0.29, 0.717) is 27.5 Å². The van der Waals surface area contributed by atoms with Crippen LogP contribution in [0.2, 0.25) is 5.02 Å². The van der Waals surface area contributed by atoms with Crippen molar-refractivity contribution in [3.8, 4) is 5.75 Å². The van der Waals surface area contributed by atoms with Gasteiger partial charge in [-0.1, -0.05) is 101 Å². The molecule has 1 fully saturated rings. The molecule has 7 nitrogen and oxygen atoms in total. The highest BCUT2D eigenvalue weighted by atomic mass is 35.5. The molecule has 11 heteroatoms. The first kappa shape index (κ1) is 30.5. The zero-order valence-corrected chi connectivity index (χ0v) is 26.2. The van der Waals surface area contributed by atoms with E-state index in [1.54, 1.807) is 36.4 Å². The Labute approximate surface area is 272 Å². The molecule has 1 aliphatic heterocycles. The van der Waals surface area contributed by atoms with Crippen LogP contribution in [-0.2, 0) is 21.9 Å². The number of anilines is 1. The number of aryl methyl sites for hydroxylation is 1. The molecule has 1 atom stereocenters. The number of carbonyl (C=O) groups excluding carboxylic acids is 2. The Kier molecular flexibility index (Phi) is 8.97. The number of hydrogen-bond acceptors (Lipinski definition) is 8. The van der Waals surface area contributed by atoms with Gasteiger partial charge < -0.3 is 9.84 Å². The number of ether oxygens (including phenoxy) is 1. The summed E-state index contributed by atoms with van der Waals surface area (Å²) in [5, 5.41) is 20.5. The second-order valence-electron chi connectivity index (χ2n) is 10.2. The summed E-state index contributed by atoms with van der Waals surface area (Å²) >= 11 is 8.74. The number of aromatic nitrogens is 2. The molecule has 0 spiro atoms. The molecule has 0 aliphatic carbocycles. The number of thioether (sulfide) groups is 1. The standard InChI is InChI=1S/C34H25ClFN3O4S2/c1-20-7-6-8-21(17-20)18-43-24-15-13-22(14-16-24)30(40)28-29(25-10-3-5-12-27(25)36)39(32(42)31(28)41)33-37-38-34(45-33)44-19-23-9-2-4-11-26(23)35/h2-17,29,40H,18-19H2,1H3/b30-28+. The number of hydrogen-bond donors (Lipinski definition) is 1. The van der Waals surface area contributed by atoms with Crippen molar-refractivity contribution in [2.75, 3.05) is 4.90 Å². The van der Waals surface area contributed by atoms with Crippen LogP contribution >= 0.6 is 34.7 Å². The number of nitrogens with zero attached hydrogens (tertiary/aromatic N) is 3. The van der Waals surface area contributed by atoms with Crippen LogP contribution in [0.3, 0.4) is 0 Å². The lowest BCUT2D eigenvalue weighted by Gasteiger charge is -2.22. The largest absolute Gasteiger partial charge is 0.507 e. The average molecular weight is 658 g/mol. The molecule has 6 rings (SSSR count). The summed E-state index contributed by atoms with van der Waals surface area (Å²) in [5.74, 6) is -1.92. The van der Waals surface area contributed by atoms with E-state index in [0.717, 1.165) is 32.9 Å². The molecule has 1 saturated heterocycles. The normalized spacial score (nSPS) is 15.9. The monoisotopic (exact) mass is 657 g/mol. The molecule has 0 saturated carbocycles.